The van der Waals surface area contributed by atoms with Gasteiger partial charge in [0, 0.05) is 32.0 Å². The monoisotopic (exact) mass is 467 g/mol. The van der Waals surface area contributed by atoms with Crippen molar-refractivity contribution < 1.29 is 23.1 Å². The molecule has 11 heteroatoms. The van der Waals surface area contributed by atoms with Crippen molar-refractivity contribution >= 4 is 35.1 Å². The fraction of sp³-hybridized carbons (Fsp3) is 0.429. The van der Waals surface area contributed by atoms with Gasteiger partial charge in [0.1, 0.15) is 28.1 Å². The Kier molecular flexibility index (Phi) is 7.12. The number of anilines is 2. The van der Waals surface area contributed by atoms with Gasteiger partial charge in [-0.3, -0.25) is 9.59 Å². The number of rotatable bonds is 6. The highest BCUT2D eigenvalue weighted by Crippen LogP contribution is 2.32. The summed E-state index contributed by atoms with van der Waals surface area (Å²) >= 11 is 5.99. The summed E-state index contributed by atoms with van der Waals surface area (Å²) in [5.74, 6) is -2.82. The summed E-state index contributed by atoms with van der Waals surface area (Å²) in [6.07, 6.45) is 1.13. The maximum absolute atomic E-state index is 14.1. The van der Waals surface area contributed by atoms with Crippen LogP contribution in [0.2, 0.25) is 5.02 Å². The lowest BCUT2D eigenvalue weighted by Crippen LogP contribution is -2.55. The molecule has 0 spiro atoms. The molecule has 8 nitrogen and oxygen atoms in total. The number of carbonyl (C=O) groups excluding carboxylic acids is 2. The number of nitrogens with zero attached hydrogens (tertiary/aromatic N) is 3. The van der Waals surface area contributed by atoms with Crippen LogP contribution in [0.25, 0.3) is 0 Å². The van der Waals surface area contributed by atoms with Crippen LogP contribution >= 0.6 is 11.6 Å². The first-order valence-electron chi connectivity index (χ1n) is 9.97. The van der Waals surface area contributed by atoms with Crippen molar-refractivity contribution in [3.63, 3.8) is 0 Å². The largest absolute Gasteiger partial charge is 0.495 e. The molecule has 1 atom stereocenters. The molecule has 1 aliphatic heterocycles. The van der Waals surface area contributed by atoms with Gasteiger partial charge in [0.05, 0.1) is 19.9 Å². The van der Waals surface area contributed by atoms with Crippen molar-refractivity contribution in [3.05, 3.63) is 40.7 Å². The fourth-order valence-corrected chi connectivity index (χ4v) is 3.61. The lowest BCUT2D eigenvalue weighted by Gasteiger charge is -2.39. The van der Waals surface area contributed by atoms with E-state index in [1.165, 1.54) is 20.2 Å². The molecule has 2 aromatic heterocycles. The quantitative estimate of drug-likeness (QED) is 0.674. The molecule has 1 saturated heterocycles. The van der Waals surface area contributed by atoms with Gasteiger partial charge in [-0.15, -0.1) is 0 Å². The second-order valence-corrected chi connectivity index (χ2v) is 8.02. The zero-order valence-electron chi connectivity index (χ0n) is 17.9. The zero-order chi connectivity index (χ0) is 23.5. The van der Waals surface area contributed by atoms with Crippen molar-refractivity contribution in [3.8, 4) is 5.75 Å². The Labute approximate surface area is 189 Å². The minimum atomic E-state index is -3.00. The van der Waals surface area contributed by atoms with E-state index >= 15 is 0 Å². The predicted molar refractivity (Wildman–Crippen MR) is 116 cm³/mol. The van der Waals surface area contributed by atoms with Gasteiger partial charge in [0.25, 0.3) is 11.8 Å². The Morgan fingerprint density at radius 2 is 2.09 bits per heavy atom. The molecule has 0 saturated carbocycles. The minimum Gasteiger partial charge on any atom is -0.495 e. The lowest BCUT2D eigenvalue weighted by atomic mass is 9.98. The highest BCUT2D eigenvalue weighted by Gasteiger charge is 2.42. The Bertz CT molecular complexity index is 1020. The number of piperidine rings is 1. The number of pyridine rings is 2. The molecule has 0 aliphatic carbocycles. The molecule has 1 fully saturated rings. The number of halogens is 3. The third kappa shape index (κ3) is 5.61. The van der Waals surface area contributed by atoms with Crippen LogP contribution in [0.4, 0.5) is 20.4 Å². The molecular formula is C21H24ClF2N5O3. The number of hydrogen-bond acceptors (Lipinski definition) is 6. The molecule has 2 aromatic rings. The number of nitrogens with one attached hydrogen (secondary N) is 2. The first-order chi connectivity index (χ1) is 15.1. The van der Waals surface area contributed by atoms with Crippen LogP contribution in [0.1, 0.15) is 35.8 Å². The van der Waals surface area contributed by atoms with Crippen LogP contribution in [-0.2, 0) is 4.79 Å². The summed E-state index contributed by atoms with van der Waals surface area (Å²) in [5.41, 5.74) is 0.579. The molecule has 0 aromatic carbocycles. The van der Waals surface area contributed by atoms with Gasteiger partial charge in [0.2, 0.25) is 5.91 Å². The van der Waals surface area contributed by atoms with Gasteiger partial charge in [-0.2, -0.15) is 0 Å². The highest BCUT2D eigenvalue weighted by atomic mass is 35.5. The number of aryl methyl sites for hydroxylation is 1. The molecule has 3 rings (SSSR count). The third-order valence-corrected chi connectivity index (χ3v) is 5.41. The van der Waals surface area contributed by atoms with Gasteiger partial charge in [-0.05, 0) is 25.0 Å². The van der Waals surface area contributed by atoms with Gasteiger partial charge >= 0.3 is 0 Å². The number of methoxy groups -OCH3 is 1. The van der Waals surface area contributed by atoms with E-state index in [2.05, 4.69) is 20.6 Å². The first-order valence-corrected chi connectivity index (χ1v) is 10.3. The average Bonchev–Trinajstić information content (AvgIpc) is 2.74. The number of aromatic nitrogens is 2. The summed E-state index contributed by atoms with van der Waals surface area (Å²) in [6.45, 7) is 2.39. The van der Waals surface area contributed by atoms with Gasteiger partial charge < -0.3 is 20.3 Å². The molecule has 2 amide bonds. The van der Waals surface area contributed by atoms with Crippen molar-refractivity contribution in [1.29, 1.82) is 0 Å². The van der Waals surface area contributed by atoms with Crippen LogP contribution in [0, 0.1) is 6.92 Å². The summed E-state index contributed by atoms with van der Waals surface area (Å²) in [5, 5.41) is 5.91. The van der Waals surface area contributed by atoms with Crippen molar-refractivity contribution in [2.24, 2.45) is 0 Å². The Hall–Kier alpha value is -3.01. The summed E-state index contributed by atoms with van der Waals surface area (Å²) in [7, 11) is 1.47. The second kappa shape index (κ2) is 9.64. The van der Waals surface area contributed by atoms with E-state index in [0.717, 1.165) is 4.90 Å². The maximum atomic E-state index is 14.1. The maximum Gasteiger partial charge on any atom is 0.273 e. The second-order valence-electron chi connectivity index (χ2n) is 7.61. The summed E-state index contributed by atoms with van der Waals surface area (Å²) < 4.78 is 33.4. The standard InChI is InChI=1S/C21H24ClF2N5O3/c1-12-4-5-17(27-18-8-16(32-3)15(22)10-26-18)28-19(12)20(31)29-11-21(23,24)7-6-14(29)9-25-13(2)30/h4-5,8,10,14H,6-7,9,11H2,1-3H3,(H,25,30)(H,26,27,28)/t14-/m1/s1. The third-order valence-electron chi connectivity index (χ3n) is 5.13. The average molecular weight is 468 g/mol. The lowest BCUT2D eigenvalue weighted by molar-refractivity contribution is -0.119. The molecular weight excluding hydrogens is 444 g/mol. The predicted octanol–water partition coefficient (Wildman–Crippen LogP) is 3.57. The highest BCUT2D eigenvalue weighted by molar-refractivity contribution is 6.32. The van der Waals surface area contributed by atoms with E-state index in [1.54, 1.807) is 25.1 Å². The molecule has 2 N–H and O–H groups in total. The smallest absolute Gasteiger partial charge is 0.273 e. The Balaban J connectivity index is 1.86. The van der Waals surface area contributed by atoms with Crippen LogP contribution in [0.5, 0.6) is 5.75 Å². The van der Waals surface area contributed by atoms with Crippen molar-refractivity contribution in [2.45, 2.75) is 38.7 Å². The normalized spacial score (nSPS) is 17.6. The number of amides is 2. The Morgan fingerprint density at radius 3 is 2.78 bits per heavy atom. The number of ether oxygens (including phenoxy) is 1. The SMILES string of the molecule is COc1cc(Nc2ccc(C)c(C(=O)N3CC(F)(F)CC[C@@H]3CNC(C)=O)n2)ncc1Cl. The zero-order valence-corrected chi connectivity index (χ0v) is 18.7. The van der Waals surface area contributed by atoms with Crippen LogP contribution in [0.3, 0.4) is 0 Å². The van der Waals surface area contributed by atoms with Crippen LogP contribution in [-0.4, -0.2) is 58.8 Å². The molecule has 0 unspecified atom stereocenters. The van der Waals surface area contributed by atoms with Crippen LogP contribution in [0.15, 0.2) is 24.4 Å². The van der Waals surface area contributed by atoms with Gasteiger partial charge in [-0.1, -0.05) is 17.7 Å². The molecule has 172 valence electrons. The van der Waals surface area contributed by atoms with Gasteiger partial charge in [-0.25, -0.2) is 18.7 Å². The van der Waals surface area contributed by atoms with E-state index in [1.807, 2.05) is 0 Å². The number of carbonyl (C=O) groups is 2. The topological polar surface area (TPSA) is 96.5 Å². The van der Waals surface area contributed by atoms with E-state index in [0.29, 0.717) is 28.0 Å². The van der Waals surface area contributed by atoms with E-state index < -0.39 is 24.4 Å². The van der Waals surface area contributed by atoms with Gasteiger partial charge in [0.15, 0.2) is 0 Å². The number of hydrogen-bond donors (Lipinski definition) is 2. The van der Waals surface area contributed by atoms with Crippen LogP contribution < -0.4 is 15.4 Å². The molecule has 1 aliphatic rings. The van der Waals surface area contributed by atoms with E-state index in [9.17, 15) is 18.4 Å². The first kappa shape index (κ1) is 23.6. The summed E-state index contributed by atoms with van der Waals surface area (Å²) in [6, 6.07) is 4.33. The van der Waals surface area contributed by atoms with E-state index in [4.69, 9.17) is 16.3 Å². The molecule has 0 bridgehead atoms. The number of likely N-dealkylation sites (tertiary alicyclic amines) is 1. The Morgan fingerprint density at radius 1 is 1.34 bits per heavy atom. The van der Waals surface area contributed by atoms with Crippen molar-refractivity contribution in [2.75, 3.05) is 25.5 Å². The van der Waals surface area contributed by atoms with E-state index in [-0.39, 0.29) is 31.0 Å². The molecule has 3 heterocycles. The summed E-state index contributed by atoms with van der Waals surface area (Å²) in [4.78, 5) is 34.1. The minimum absolute atomic E-state index is 0.0430. The number of alkyl halides is 2. The molecule has 32 heavy (non-hydrogen) atoms. The molecule has 0 radical (unpaired) electrons. The fourth-order valence-electron chi connectivity index (χ4n) is 3.43. The van der Waals surface area contributed by atoms with Crippen molar-refractivity contribution in [1.82, 2.24) is 20.2 Å².